The molecule has 0 radical (unpaired) electrons. The van der Waals surface area contributed by atoms with Crippen molar-refractivity contribution in [2.24, 2.45) is 0 Å². The van der Waals surface area contributed by atoms with Crippen LogP contribution in [0.2, 0.25) is 5.02 Å². The van der Waals surface area contributed by atoms with Gasteiger partial charge in [0.1, 0.15) is 17.1 Å². The average molecular weight is 506 g/mol. The van der Waals surface area contributed by atoms with Crippen LogP contribution in [-0.4, -0.2) is 37.3 Å². The van der Waals surface area contributed by atoms with Crippen LogP contribution in [0.4, 0.5) is 11.8 Å². The van der Waals surface area contributed by atoms with Crippen molar-refractivity contribution < 1.29 is 4.74 Å². The van der Waals surface area contributed by atoms with E-state index < -0.39 is 0 Å². The lowest BCUT2D eigenvalue weighted by atomic mass is 10.1. The fraction of sp³-hybridized carbons (Fsp3) is 0.308. The molecule has 0 unspecified atom stereocenters. The van der Waals surface area contributed by atoms with Crippen molar-refractivity contribution in [1.82, 2.24) is 24.1 Å². The number of nitrogens with zero attached hydrogens (tertiary/aromatic N) is 6. The van der Waals surface area contributed by atoms with Crippen LogP contribution >= 0.6 is 11.6 Å². The molecular formula is C26H28ClN7O2. The third-order valence-corrected chi connectivity index (χ3v) is 6.67. The van der Waals surface area contributed by atoms with Crippen molar-refractivity contribution in [3.05, 3.63) is 82.1 Å². The predicted molar refractivity (Wildman–Crippen MR) is 141 cm³/mol. The van der Waals surface area contributed by atoms with E-state index in [9.17, 15) is 4.79 Å². The zero-order valence-electron chi connectivity index (χ0n) is 20.1. The average Bonchev–Trinajstić information content (AvgIpc) is 3.51. The maximum absolute atomic E-state index is 13.7. The van der Waals surface area contributed by atoms with Gasteiger partial charge in [0.15, 0.2) is 5.82 Å². The fourth-order valence-electron chi connectivity index (χ4n) is 4.60. The van der Waals surface area contributed by atoms with Crippen molar-refractivity contribution in [1.29, 1.82) is 0 Å². The minimum atomic E-state index is -0.250. The molecule has 5 rings (SSSR count). The Labute approximate surface area is 213 Å². The molecule has 4 heterocycles. The molecule has 4 aromatic rings. The number of benzene rings is 1. The summed E-state index contributed by atoms with van der Waals surface area (Å²) in [5, 5.41) is 5.23. The highest BCUT2D eigenvalue weighted by Crippen LogP contribution is 2.38. The van der Waals surface area contributed by atoms with E-state index in [1.54, 1.807) is 27.5 Å². The fourth-order valence-corrected chi connectivity index (χ4v) is 4.82. The number of hydrogen-bond acceptors (Lipinski definition) is 7. The molecule has 0 amide bonds. The number of nitrogens with two attached hydrogens (primary N) is 1. The van der Waals surface area contributed by atoms with E-state index in [1.807, 2.05) is 30.3 Å². The molecule has 1 fully saturated rings. The number of halogens is 1. The lowest BCUT2D eigenvalue weighted by Crippen LogP contribution is -2.33. The lowest BCUT2D eigenvalue weighted by Gasteiger charge is -2.29. The summed E-state index contributed by atoms with van der Waals surface area (Å²) >= 11 is 6.36. The highest BCUT2D eigenvalue weighted by molar-refractivity contribution is 6.33. The van der Waals surface area contributed by atoms with Gasteiger partial charge in [-0.2, -0.15) is 10.1 Å². The largest absolute Gasteiger partial charge is 0.493 e. The summed E-state index contributed by atoms with van der Waals surface area (Å²) in [5.41, 5.74) is 7.50. The Morgan fingerprint density at radius 1 is 1.28 bits per heavy atom. The highest BCUT2D eigenvalue weighted by Gasteiger charge is 2.34. The SMILES string of the molecule is C=C(OCCCC)c1cnc(N)nc1N1CCC[C@H]1c1nn2ccc(Cl)c2c(=O)n1-c1ccccc1. The minimum Gasteiger partial charge on any atom is -0.493 e. The number of fused-ring (bicyclic) bond motifs is 1. The van der Waals surface area contributed by atoms with Crippen LogP contribution in [0.5, 0.6) is 0 Å². The third kappa shape index (κ3) is 4.30. The first kappa shape index (κ1) is 23.9. The van der Waals surface area contributed by atoms with E-state index in [2.05, 4.69) is 28.4 Å². The summed E-state index contributed by atoms with van der Waals surface area (Å²) < 4.78 is 9.08. The van der Waals surface area contributed by atoms with Crippen LogP contribution in [0, 0.1) is 0 Å². The van der Waals surface area contributed by atoms with Gasteiger partial charge in [0.25, 0.3) is 5.56 Å². The highest BCUT2D eigenvalue weighted by atomic mass is 35.5. The Balaban J connectivity index is 1.65. The van der Waals surface area contributed by atoms with E-state index in [0.29, 0.717) is 52.3 Å². The minimum absolute atomic E-state index is 0.154. The van der Waals surface area contributed by atoms with Gasteiger partial charge in [-0.25, -0.2) is 9.50 Å². The van der Waals surface area contributed by atoms with Crippen molar-refractivity contribution in [3.8, 4) is 5.69 Å². The Morgan fingerprint density at radius 3 is 2.86 bits per heavy atom. The normalized spacial score (nSPS) is 15.5. The van der Waals surface area contributed by atoms with Crippen molar-refractivity contribution in [2.75, 3.05) is 23.8 Å². The Hall–Kier alpha value is -3.85. The zero-order valence-corrected chi connectivity index (χ0v) is 20.9. The Bertz CT molecular complexity index is 1460. The van der Waals surface area contributed by atoms with Gasteiger partial charge in [0, 0.05) is 18.9 Å². The number of ether oxygens (including phenoxy) is 1. The monoisotopic (exact) mass is 505 g/mol. The molecule has 1 aliphatic rings. The maximum atomic E-state index is 13.7. The predicted octanol–water partition coefficient (Wildman–Crippen LogP) is 4.64. The molecular weight excluding hydrogens is 478 g/mol. The summed E-state index contributed by atoms with van der Waals surface area (Å²) in [6.45, 7) is 7.48. The molecule has 0 aliphatic carbocycles. The van der Waals surface area contributed by atoms with Gasteiger partial charge in [0.05, 0.1) is 28.9 Å². The molecule has 10 heteroatoms. The van der Waals surface area contributed by atoms with Gasteiger partial charge >= 0.3 is 0 Å². The van der Waals surface area contributed by atoms with Crippen LogP contribution in [0.15, 0.2) is 60.2 Å². The summed E-state index contributed by atoms with van der Waals surface area (Å²) in [6.07, 6.45) is 6.94. The van der Waals surface area contributed by atoms with Crippen molar-refractivity contribution in [3.63, 3.8) is 0 Å². The second-order valence-corrected chi connectivity index (χ2v) is 9.14. The molecule has 1 saturated heterocycles. The van der Waals surface area contributed by atoms with E-state index in [4.69, 9.17) is 27.2 Å². The van der Waals surface area contributed by atoms with Gasteiger partial charge < -0.3 is 15.4 Å². The van der Waals surface area contributed by atoms with Crippen LogP contribution in [0.3, 0.4) is 0 Å². The summed E-state index contributed by atoms with van der Waals surface area (Å²) in [4.78, 5) is 24.6. The van der Waals surface area contributed by atoms with E-state index >= 15 is 0 Å². The molecule has 2 N–H and O–H groups in total. The Morgan fingerprint density at radius 2 is 2.08 bits per heavy atom. The van der Waals surface area contributed by atoms with Crippen LogP contribution in [-0.2, 0) is 4.74 Å². The molecule has 36 heavy (non-hydrogen) atoms. The molecule has 1 atom stereocenters. The topological polar surface area (TPSA) is 104 Å². The van der Waals surface area contributed by atoms with Crippen LogP contribution in [0.25, 0.3) is 17.0 Å². The first-order valence-electron chi connectivity index (χ1n) is 12.1. The Kier molecular flexibility index (Phi) is 6.65. The quantitative estimate of drug-likeness (QED) is 0.275. The lowest BCUT2D eigenvalue weighted by molar-refractivity contribution is 0.271. The smallest absolute Gasteiger partial charge is 0.284 e. The molecule has 3 aromatic heterocycles. The number of hydrogen-bond donors (Lipinski definition) is 1. The first-order valence-corrected chi connectivity index (χ1v) is 12.4. The van der Waals surface area contributed by atoms with E-state index in [-0.39, 0.29) is 17.5 Å². The van der Waals surface area contributed by atoms with Crippen LogP contribution in [0.1, 0.15) is 50.0 Å². The number of aromatic nitrogens is 5. The zero-order chi connectivity index (χ0) is 25.2. The van der Waals surface area contributed by atoms with Crippen LogP contribution < -0.4 is 16.2 Å². The van der Waals surface area contributed by atoms with Gasteiger partial charge in [-0.1, -0.05) is 49.7 Å². The molecule has 0 spiro atoms. The number of unbranched alkanes of at least 4 members (excludes halogenated alkanes) is 1. The van der Waals surface area contributed by atoms with E-state index in [0.717, 1.165) is 25.7 Å². The second kappa shape index (κ2) is 10.0. The summed E-state index contributed by atoms with van der Waals surface area (Å²) in [5.74, 6) is 1.85. The van der Waals surface area contributed by atoms with Gasteiger partial charge in [-0.15, -0.1) is 0 Å². The number of nitrogen functional groups attached to an aromatic ring is 1. The molecule has 0 bridgehead atoms. The van der Waals surface area contributed by atoms with E-state index in [1.165, 1.54) is 0 Å². The number of rotatable bonds is 8. The molecule has 9 nitrogen and oxygen atoms in total. The summed E-state index contributed by atoms with van der Waals surface area (Å²) in [6, 6.07) is 10.9. The molecule has 0 saturated carbocycles. The van der Waals surface area contributed by atoms with Crippen molar-refractivity contribution in [2.45, 2.75) is 38.6 Å². The maximum Gasteiger partial charge on any atom is 0.284 e. The number of anilines is 2. The standard InChI is InChI=1S/C26H28ClN7O2/c1-3-4-15-36-17(2)19-16-29-26(28)30-23(19)32-13-8-11-21(32)24-31-33-14-12-20(27)22(33)25(35)34(24)18-9-6-5-7-10-18/h5-7,9-10,12,14,16,21H,2-4,8,11,13,15H2,1H3,(H2,28,29,30)/t21-/m0/s1. The summed E-state index contributed by atoms with van der Waals surface area (Å²) in [7, 11) is 0. The number of para-hydroxylation sites is 1. The first-order chi connectivity index (χ1) is 17.5. The molecule has 1 aliphatic heterocycles. The van der Waals surface area contributed by atoms with Gasteiger partial charge in [-0.3, -0.25) is 9.36 Å². The van der Waals surface area contributed by atoms with Crippen molar-refractivity contribution >= 4 is 34.6 Å². The molecule has 186 valence electrons. The van der Waals surface area contributed by atoms with Gasteiger partial charge in [-0.05, 0) is 37.5 Å². The third-order valence-electron chi connectivity index (χ3n) is 6.36. The van der Waals surface area contributed by atoms with Gasteiger partial charge in [0.2, 0.25) is 5.95 Å². The molecule has 1 aromatic carbocycles. The second-order valence-electron chi connectivity index (χ2n) is 8.73.